The van der Waals surface area contributed by atoms with Crippen molar-refractivity contribution in [3.63, 3.8) is 0 Å². The lowest BCUT2D eigenvalue weighted by Crippen LogP contribution is -2.03. The Balaban J connectivity index is 2.01. The van der Waals surface area contributed by atoms with Gasteiger partial charge >= 0.3 is 0 Å². The van der Waals surface area contributed by atoms with Crippen LogP contribution in [0.4, 0.5) is 0 Å². The highest BCUT2D eigenvalue weighted by molar-refractivity contribution is 6.02. The number of hydrogen-bond acceptors (Lipinski definition) is 0. The van der Waals surface area contributed by atoms with Gasteiger partial charge in [0.15, 0.2) is 0 Å². The van der Waals surface area contributed by atoms with E-state index in [4.69, 9.17) is 0 Å². The Hall–Kier alpha value is -3.64. The highest BCUT2D eigenvalue weighted by Gasteiger charge is 2.20. The maximum Gasteiger partial charge on any atom is -0.00171 e. The van der Waals surface area contributed by atoms with Crippen LogP contribution in [-0.2, 0) is 0 Å². The summed E-state index contributed by atoms with van der Waals surface area (Å²) in [5.41, 5.74) is 10.6. The molecule has 170 valence electrons. The molecule has 0 amide bonds. The van der Waals surface area contributed by atoms with Crippen molar-refractivity contribution in [1.29, 1.82) is 0 Å². The van der Waals surface area contributed by atoms with Gasteiger partial charge in [-0.1, -0.05) is 135 Å². The summed E-state index contributed by atoms with van der Waals surface area (Å²) >= 11 is 0. The molecule has 4 rings (SSSR count). The molecule has 0 aromatic heterocycles. The van der Waals surface area contributed by atoms with Crippen molar-refractivity contribution in [3.8, 4) is 0 Å². The predicted octanol–water partition coefficient (Wildman–Crippen LogP) is 9.56. The lowest BCUT2D eigenvalue weighted by molar-refractivity contribution is 0.856. The van der Waals surface area contributed by atoms with Crippen LogP contribution in [0.5, 0.6) is 0 Å². The lowest BCUT2D eigenvalue weighted by atomic mass is 9.81. The van der Waals surface area contributed by atoms with Gasteiger partial charge in [-0.05, 0) is 70.2 Å². The molecule has 0 aliphatic heterocycles. The van der Waals surface area contributed by atoms with Gasteiger partial charge in [-0.25, -0.2) is 0 Å². The fourth-order valence-corrected chi connectivity index (χ4v) is 4.75. The van der Waals surface area contributed by atoms with E-state index in [-0.39, 0.29) is 0 Å². The maximum absolute atomic E-state index is 2.31. The number of rotatable bonds is 7. The molecule has 0 saturated carbocycles. The summed E-state index contributed by atoms with van der Waals surface area (Å²) in [6, 6.07) is 32.7. The molecule has 0 heteroatoms. The molecule has 3 aromatic rings. The van der Waals surface area contributed by atoms with Crippen LogP contribution in [0, 0.1) is 5.92 Å². The maximum atomic E-state index is 2.31. The van der Waals surface area contributed by atoms with Crippen LogP contribution in [-0.4, -0.2) is 0 Å². The zero-order valence-corrected chi connectivity index (χ0v) is 20.5. The van der Waals surface area contributed by atoms with Crippen molar-refractivity contribution < 1.29 is 0 Å². The standard InChI is InChI=1S/C34H34/c1-26(2)33(30-21-13-7-14-22-30)34(31-23-15-8-16-24-31)27(3)32(29-19-11-6-12-20-29)25-28-17-9-4-5-10-18-28/h4,6-24,26H,5,25H2,1-3H3/b32-27+,34-33-. The van der Waals surface area contributed by atoms with Crippen LogP contribution in [0.2, 0.25) is 0 Å². The van der Waals surface area contributed by atoms with Gasteiger partial charge in [-0.2, -0.15) is 0 Å². The summed E-state index contributed by atoms with van der Waals surface area (Å²) in [7, 11) is 0. The summed E-state index contributed by atoms with van der Waals surface area (Å²) in [6.45, 7) is 6.93. The minimum atomic E-state index is 0.379. The molecule has 0 saturated heterocycles. The van der Waals surface area contributed by atoms with E-state index < -0.39 is 0 Å². The lowest BCUT2D eigenvalue weighted by Gasteiger charge is -2.23. The van der Waals surface area contributed by atoms with Crippen LogP contribution in [0.3, 0.4) is 0 Å². The Morgan fingerprint density at radius 2 is 1.26 bits per heavy atom. The minimum Gasteiger partial charge on any atom is -0.0807 e. The van der Waals surface area contributed by atoms with Crippen LogP contribution in [0.15, 0.2) is 133 Å². The first-order chi connectivity index (χ1) is 16.6. The fourth-order valence-electron chi connectivity index (χ4n) is 4.75. The van der Waals surface area contributed by atoms with Crippen LogP contribution in [0.1, 0.15) is 50.3 Å². The van der Waals surface area contributed by atoms with Crippen molar-refractivity contribution in [2.24, 2.45) is 5.92 Å². The highest BCUT2D eigenvalue weighted by atomic mass is 14.2. The molecule has 0 heterocycles. The van der Waals surface area contributed by atoms with E-state index in [9.17, 15) is 0 Å². The minimum absolute atomic E-state index is 0.379. The SMILES string of the molecule is CC(=C(/CC1=CC=CCC=C1)c1ccccc1)/C(=C(/c1ccccc1)C(C)C)c1ccccc1. The van der Waals surface area contributed by atoms with Crippen molar-refractivity contribution in [3.05, 3.63) is 149 Å². The van der Waals surface area contributed by atoms with Gasteiger partial charge < -0.3 is 0 Å². The molecule has 1 aliphatic carbocycles. The van der Waals surface area contributed by atoms with Gasteiger partial charge in [-0.3, -0.25) is 0 Å². The molecule has 0 nitrogen and oxygen atoms in total. The number of benzene rings is 3. The summed E-state index contributed by atoms with van der Waals surface area (Å²) < 4.78 is 0. The third kappa shape index (κ3) is 5.64. The summed E-state index contributed by atoms with van der Waals surface area (Å²) in [5.74, 6) is 0.379. The van der Waals surface area contributed by atoms with Gasteiger partial charge in [0, 0.05) is 0 Å². The van der Waals surface area contributed by atoms with E-state index in [1.165, 1.54) is 44.6 Å². The summed E-state index contributed by atoms with van der Waals surface area (Å²) in [5, 5.41) is 0. The summed E-state index contributed by atoms with van der Waals surface area (Å²) in [6.07, 6.45) is 13.1. The van der Waals surface area contributed by atoms with Crippen molar-refractivity contribution >= 4 is 16.7 Å². The number of allylic oxidation sites excluding steroid dienone is 10. The molecule has 0 N–H and O–H groups in total. The molecule has 0 radical (unpaired) electrons. The highest BCUT2D eigenvalue weighted by Crippen LogP contribution is 2.41. The van der Waals surface area contributed by atoms with E-state index >= 15 is 0 Å². The van der Waals surface area contributed by atoms with Gasteiger partial charge in [0.25, 0.3) is 0 Å². The monoisotopic (exact) mass is 442 g/mol. The molecule has 0 atom stereocenters. The Kier molecular flexibility index (Phi) is 7.94. The normalized spacial score (nSPS) is 14.9. The molecule has 0 fully saturated rings. The molecule has 0 bridgehead atoms. The average Bonchev–Trinajstić information content (AvgIpc) is 3.15. The second kappa shape index (κ2) is 11.5. The zero-order chi connectivity index (χ0) is 23.8. The van der Waals surface area contributed by atoms with E-state index in [0.29, 0.717) is 5.92 Å². The Morgan fingerprint density at radius 3 is 1.85 bits per heavy atom. The Morgan fingerprint density at radius 1 is 0.706 bits per heavy atom. The quantitative estimate of drug-likeness (QED) is 0.252. The van der Waals surface area contributed by atoms with E-state index in [1.807, 2.05) is 0 Å². The first-order valence-corrected chi connectivity index (χ1v) is 12.3. The molecule has 3 aromatic carbocycles. The third-order valence-corrected chi connectivity index (χ3v) is 6.38. The molecule has 1 aliphatic rings. The van der Waals surface area contributed by atoms with E-state index in [0.717, 1.165) is 12.8 Å². The smallest absolute Gasteiger partial charge is 0.00171 e. The van der Waals surface area contributed by atoms with Crippen LogP contribution in [0.25, 0.3) is 16.7 Å². The largest absolute Gasteiger partial charge is 0.0807 e. The molecule has 0 spiro atoms. The van der Waals surface area contributed by atoms with Gasteiger partial charge in [-0.15, -0.1) is 0 Å². The Bertz CT molecular complexity index is 1230. The second-order valence-corrected chi connectivity index (χ2v) is 9.13. The molecule has 0 unspecified atom stereocenters. The average molecular weight is 443 g/mol. The third-order valence-electron chi connectivity index (χ3n) is 6.38. The first kappa shape index (κ1) is 23.5. The summed E-state index contributed by atoms with van der Waals surface area (Å²) in [4.78, 5) is 0. The van der Waals surface area contributed by atoms with Crippen molar-refractivity contribution in [2.75, 3.05) is 0 Å². The number of hydrogen-bond donors (Lipinski definition) is 0. The molecular formula is C34H34. The van der Waals surface area contributed by atoms with E-state index in [1.54, 1.807) is 0 Å². The predicted molar refractivity (Wildman–Crippen MR) is 149 cm³/mol. The van der Waals surface area contributed by atoms with E-state index in [2.05, 4.69) is 142 Å². The van der Waals surface area contributed by atoms with Gasteiger partial charge in [0.2, 0.25) is 0 Å². The Labute approximate surface area is 205 Å². The fraction of sp³-hybridized carbons (Fsp3) is 0.176. The molecule has 34 heavy (non-hydrogen) atoms. The van der Waals surface area contributed by atoms with Crippen molar-refractivity contribution in [1.82, 2.24) is 0 Å². The topological polar surface area (TPSA) is 0 Å². The van der Waals surface area contributed by atoms with Crippen molar-refractivity contribution in [2.45, 2.75) is 33.6 Å². The van der Waals surface area contributed by atoms with Crippen LogP contribution >= 0.6 is 0 Å². The first-order valence-electron chi connectivity index (χ1n) is 12.3. The second-order valence-electron chi connectivity index (χ2n) is 9.13. The zero-order valence-electron chi connectivity index (χ0n) is 20.5. The van der Waals surface area contributed by atoms with Gasteiger partial charge in [0.1, 0.15) is 0 Å². The molecular weight excluding hydrogens is 408 g/mol. The van der Waals surface area contributed by atoms with Gasteiger partial charge in [0.05, 0.1) is 0 Å². The van der Waals surface area contributed by atoms with Crippen LogP contribution < -0.4 is 0 Å².